The number of aromatic nitrogens is 4. The summed E-state index contributed by atoms with van der Waals surface area (Å²) in [6.45, 7) is 3.94. The quantitative estimate of drug-likeness (QED) is 0.805. The molecular weight excluding hydrogens is 278 g/mol. The molecule has 0 aliphatic rings. The van der Waals surface area contributed by atoms with Crippen molar-refractivity contribution in [2.45, 2.75) is 13.8 Å². The molecule has 110 valence electrons. The molecule has 6 heteroatoms. The Balaban J connectivity index is 1.79. The zero-order chi connectivity index (χ0) is 15.5. The molecule has 0 radical (unpaired) electrons. The highest BCUT2D eigenvalue weighted by atomic mass is 16.1. The van der Waals surface area contributed by atoms with Crippen molar-refractivity contribution < 1.29 is 4.79 Å². The number of nitrogens with zero attached hydrogens (tertiary/aromatic N) is 4. The van der Waals surface area contributed by atoms with Gasteiger partial charge < -0.3 is 0 Å². The number of carbonyl (C=O) groups excluding carboxylic acids is 1. The lowest BCUT2D eigenvalue weighted by atomic mass is 10.2. The van der Waals surface area contributed by atoms with E-state index in [1.54, 1.807) is 30.6 Å². The summed E-state index contributed by atoms with van der Waals surface area (Å²) in [6.07, 6.45) is 3.16. The van der Waals surface area contributed by atoms with Crippen LogP contribution in [0, 0.1) is 13.8 Å². The van der Waals surface area contributed by atoms with Crippen LogP contribution < -0.4 is 5.32 Å². The molecule has 1 N–H and O–H groups in total. The van der Waals surface area contributed by atoms with Crippen LogP contribution in [0.5, 0.6) is 0 Å². The highest BCUT2D eigenvalue weighted by molar-refractivity contribution is 6.03. The maximum Gasteiger partial charge on any atom is 0.258 e. The Morgan fingerprint density at radius 3 is 2.36 bits per heavy atom. The second-order valence-electron chi connectivity index (χ2n) is 4.91. The molecule has 0 saturated carbocycles. The maximum absolute atomic E-state index is 12.1. The highest BCUT2D eigenvalue weighted by Crippen LogP contribution is 2.13. The van der Waals surface area contributed by atoms with Crippen molar-refractivity contribution in [3.05, 3.63) is 65.7 Å². The van der Waals surface area contributed by atoms with Crippen LogP contribution in [0.15, 0.2) is 48.8 Å². The zero-order valence-electron chi connectivity index (χ0n) is 12.3. The molecule has 2 aromatic heterocycles. The maximum atomic E-state index is 12.1. The average Bonchev–Trinajstić information content (AvgIpc) is 2.87. The van der Waals surface area contributed by atoms with Crippen molar-refractivity contribution in [3.63, 3.8) is 0 Å². The molecule has 3 rings (SSSR count). The minimum absolute atomic E-state index is 0.244. The smallest absolute Gasteiger partial charge is 0.258 e. The molecule has 1 amide bonds. The fourth-order valence-electron chi connectivity index (χ4n) is 2.18. The normalized spacial score (nSPS) is 10.5. The standard InChI is InChI=1S/C16H15N5O/c1-11-10-12(2)21(20-11)14-6-4-13(5-7-14)15(22)19-16-17-8-3-9-18-16/h3-10H,1-2H3,(H,17,18,19,22). The number of rotatable bonds is 3. The Hall–Kier alpha value is -3.02. The molecule has 22 heavy (non-hydrogen) atoms. The Labute approximate surface area is 127 Å². The molecule has 0 unspecified atom stereocenters. The molecule has 1 aromatic carbocycles. The van der Waals surface area contributed by atoms with E-state index in [-0.39, 0.29) is 11.9 Å². The lowest BCUT2D eigenvalue weighted by Gasteiger charge is -2.06. The fraction of sp³-hybridized carbons (Fsp3) is 0.125. The van der Waals surface area contributed by atoms with Crippen LogP contribution in [0.3, 0.4) is 0 Å². The third-order valence-corrected chi connectivity index (χ3v) is 3.17. The van der Waals surface area contributed by atoms with Gasteiger partial charge in [-0.25, -0.2) is 14.6 Å². The van der Waals surface area contributed by atoms with Gasteiger partial charge in [0.15, 0.2) is 0 Å². The van der Waals surface area contributed by atoms with E-state index in [4.69, 9.17) is 0 Å². The minimum Gasteiger partial charge on any atom is -0.290 e. The Bertz CT molecular complexity index is 793. The van der Waals surface area contributed by atoms with Gasteiger partial charge in [0, 0.05) is 23.7 Å². The van der Waals surface area contributed by atoms with Crippen LogP contribution in [0.25, 0.3) is 5.69 Å². The van der Waals surface area contributed by atoms with Gasteiger partial charge >= 0.3 is 0 Å². The van der Waals surface area contributed by atoms with Crippen LogP contribution in [0.1, 0.15) is 21.7 Å². The van der Waals surface area contributed by atoms with Gasteiger partial charge in [0.1, 0.15) is 0 Å². The minimum atomic E-state index is -0.244. The molecule has 2 heterocycles. The number of nitrogens with one attached hydrogen (secondary N) is 1. The molecule has 3 aromatic rings. The van der Waals surface area contributed by atoms with Crippen molar-refractivity contribution in [2.24, 2.45) is 0 Å². The molecule has 0 bridgehead atoms. The largest absolute Gasteiger partial charge is 0.290 e. The Morgan fingerprint density at radius 1 is 1.09 bits per heavy atom. The number of benzene rings is 1. The highest BCUT2D eigenvalue weighted by Gasteiger charge is 2.09. The van der Waals surface area contributed by atoms with Crippen LogP contribution in [-0.2, 0) is 0 Å². The van der Waals surface area contributed by atoms with Crippen LogP contribution in [0.2, 0.25) is 0 Å². The predicted molar refractivity (Wildman–Crippen MR) is 83.0 cm³/mol. The molecule has 0 aliphatic carbocycles. The van der Waals surface area contributed by atoms with E-state index < -0.39 is 0 Å². The molecule has 0 spiro atoms. The number of hydrogen-bond acceptors (Lipinski definition) is 4. The molecule has 6 nitrogen and oxygen atoms in total. The van der Waals surface area contributed by atoms with E-state index in [2.05, 4.69) is 20.4 Å². The van der Waals surface area contributed by atoms with Gasteiger partial charge in [0.2, 0.25) is 5.95 Å². The monoisotopic (exact) mass is 293 g/mol. The van der Waals surface area contributed by atoms with Crippen molar-refractivity contribution >= 4 is 11.9 Å². The van der Waals surface area contributed by atoms with E-state index >= 15 is 0 Å². The average molecular weight is 293 g/mol. The van der Waals surface area contributed by atoms with Crippen molar-refractivity contribution in [1.29, 1.82) is 0 Å². The van der Waals surface area contributed by atoms with Gasteiger partial charge in [0.05, 0.1) is 11.4 Å². The number of amides is 1. The lowest BCUT2D eigenvalue weighted by Crippen LogP contribution is -2.14. The summed E-state index contributed by atoms with van der Waals surface area (Å²) < 4.78 is 1.84. The summed E-state index contributed by atoms with van der Waals surface area (Å²) in [5, 5.41) is 7.07. The summed E-state index contributed by atoms with van der Waals surface area (Å²) in [5.41, 5.74) is 3.46. The molecule has 0 saturated heterocycles. The summed E-state index contributed by atoms with van der Waals surface area (Å²) in [5.74, 6) is 0.0428. The van der Waals surface area contributed by atoms with Crippen LogP contribution >= 0.6 is 0 Å². The van der Waals surface area contributed by atoms with E-state index in [0.29, 0.717) is 5.56 Å². The third kappa shape index (κ3) is 2.85. The fourth-order valence-corrected chi connectivity index (χ4v) is 2.18. The lowest BCUT2D eigenvalue weighted by molar-refractivity contribution is 0.102. The first-order valence-corrected chi connectivity index (χ1v) is 6.85. The molecular formula is C16H15N5O. The van der Waals surface area contributed by atoms with Crippen molar-refractivity contribution in [2.75, 3.05) is 5.32 Å². The first-order chi connectivity index (χ1) is 10.6. The van der Waals surface area contributed by atoms with E-state index in [1.807, 2.05) is 36.7 Å². The summed E-state index contributed by atoms with van der Waals surface area (Å²) in [6, 6.07) is 10.9. The van der Waals surface area contributed by atoms with Crippen molar-refractivity contribution in [3.8, 4) is 5.69 Å². The molecule has 0 atom stereocenters. The van der Waals surface area contributed by atoms with Crippen molar-refractivity contribution in [1.82, 2.24) is 19.7 Å². The van der Waals surface area contributed by atoms with Crippen LogP contribution in [-0.4, -0.2) is 25.7 Å². The van der Waals surface area contributed by atoms with E-state index in [9.17, 15) is 4.79 Å². The Kier molecular flexibility index (Phi) is 3.65. The van der Waals surface area contributed by atoms with Gasteiger partial charge in [-0.15, -0.1) is 0 Å². The first kappa shape index (κ1) is 13.9. The summed E-state index contributed by atoms with van der Waals surface area (Å²) >= 11 is 0. The SMILES string of the molecule is Cc1cc(C)n(-c2ccc(C(=O)Nc3ncccn3)cc2)n1. The van der Waals surface area contributed by atoms with E-state index in [0.717, 1.165) is 17.1 Å². The van der Waals surface area contributed by atoms with E-state index in [1.165, 1.54) is 0 Å². The van der Waals surface area contributed by atoms with Gasteiger partial charge in [-0.2, -0.15) is 5.10 Å². The van der Waals surface area contributed by atoms with Gasteiger partial charge in [-0.05, 0) is 50.2 Å². The number of anilines is 1. The molecule has 0 aliphatic heterocycles. The number of carbonyl (C=O) groups is 1. The van der Waals surface area contributed by atoms with Crippen LogP contribution in [0.4, 0.5) is 5.95 Å². The third-order valence-electron chi connectivity index (χ3n) is 3.17. The topological polar surface area (TPSA) is 72.7 Å². The number of aryl methyl sites for hydroxylation is 2. The Morgan fingerprint density at radius 2 is 1.77 bits per heavy atom. The zero-order valence-corrected chi connectivity index (χ0v) is 12.3. The molecule has 0 fully saturated rings. The second-order valence-corrected chi connectivity index (χ2v) is 4.91. The second kappa shape index (κ2) is 5.77. The summed E-state index contributed by atoms with van der Waals surface area (Å²) in [7, 11) is 0. The predicted octanol–water partition coefficient (Wildman–Crippen LogP) is 2.53. The summed E-state index contributed by atoms with van der Waals surface area (Å²) in [4.78, 5) is 20.1. The van der Waals surface area contributed by atoms with Gasteiger partial charge in [0.25, 0.3) is 5.91 Å². The van der Waals surface area contributed by atoms with Gasteiger partial charge in [-0.1, -0.05) is 0 Å². The van der Waals surface area contributed by atoms with Gasteiger partial charge in [-0.3, -0.25) is 10.1 Å². The number of hydrogen-bond donors (Lipinski definition) is 1. The first-order valence-electron chi connectivity index (χ1n) is 6.85.